The van der Waals surface area contributed by atoms with Gasteiger partial charge in [-0.25, -0.2) is 14.4 Å². The summed E-state index contributed by atoms with van der Waals surface area (Å²) in [5, 5.41) is 29.1. The lowest BCUT2D eigenvalue weighted by atomic mass is 9.92. The van der Waals surface area contributed by atoms with Crippen LogP contribution in [-0.2, 0) is 0 Å². The largest absolute Gasteiger partial charge is 0.489 e. The van der Waals surface area contributed by atoms with Crippen molar-refractivity contribution in [1.29, 1.82) is 0 Å². The highest BCUT2D eigenvalue weighted by atomic mass is 16.5. The van der Waals surface area contributed by atoms with Crippen molar-refractivity contribution in [3.63, 3.8) is 0 Å². The third-order valence-electron chi connectivity index (χ3n) is 6.64. The van der Waals surface area contributed by atoms with E-state index in [4.69, 9.17) is 14.2 Å². The van der Waals surface area contributed by atoms with E-state index >= 15 is 0 Å². The number of benzene rings is 4. The minimum Gasteiger partial charge on any atom is -0.489 e. The van der Waals surface area contributed by atoms with Crippen molar-refractivity contribution >= 4 is 17.9 Å². The zero-order valence-electron chi connectivity index (χ0n) is 24.2. The minimum atomic E-state index is -1.15. The quantitative estimate of drug-likeness (QED) is 0.118. The second kappa shape index (κ2) is 14.4. The number of hydrogen-bond acceptors (Lipinski definition) is 6. The van der Waals surface area contributed by atoms with Crippen molar-refractivity contribution in [1.82, 2.24) is 0 Å². The van der Waals surface area contributed by atoms with Gasteiger partial charge in [0.05, 0.1) is 0 Å². The van der Waals surface area contributed by atoms with Gasteiger partial charge in [0, 0.05) is 0 Å². The lowest BCUT2D eigenvalue weighted by molar-refractivity contribution is 0.0681. The van der Waals surface area contributed by atoms with Gasteiger partial charge in [-0.3, -0.25) is 0 Å². The van der Waals surface area contributed by atoms with Gasteiger partial charge >= 0.3 is 17.9 Å². The first-order chi connectivity index (χ1) is 21.7. The molecule has 9 heteroatoms. The fraction of sp³-hybridized carbons (Fsp3) is 0.0833. The van der Waals surface area contributed by atoms with Gasteiger partial charge in [-0.15, -0.1) is 0 Å². The third kappa shape index (κ3) is 7.47. The smallest absolute Gasteiger partial charge is 0.339 e. The molecule has 0 atom stereocenters. The molecule has 0 aromatic heterocycles. The van der Waals surface area contributed by atoms with Gasteiger partial charge in [0.2, 0.25) is 0 Å². The maximum Gasteiger partial charge on any atom is 0.339 e. The van der Waals surface area contributed by atoms with Crippen LogP contribution in [0.3, 0.4) is 0 Å². The lowest BCUT2D eigenvalue weighted by Gasteiger charge is -2.16. The number of carboxylic acids is 3. The first-order valence-electron chi connectivity index (χ1n) is 13.7. The van der Waals surface area contributed by atoms with Crippen LogP contribution in [0, 0.1) is 0 Å². The van der Waals surface area contributed by atoms with Crippen molar-refractivity contribution < 1.29 is 43.9 Å². The maximum atomic E-state index is 11.9. The molecule has 0 spiro atoms. The predicted octanol–water partition coefficient (Wildman–Crippen LogP) is 7.48. The molecule has 0 saturated carbocycles. The Morgan fingerprint density at radius 1 is 0.467 bits per heavy atom. The van der Waals surface area contributed by atoms with Crippen LogP contribution in [0.2, 0.25) is 0 Å². The summed E-state index contributed by atoms with van der Waals surface area (Å²) in [6, 6.07) is 19.8. The Morgan fingerprint density at radius 2 is 0.733 bits per heavy atom. The van der Waals surface area contributed by atoms with Crippen molar-refractivity contribution in [2.24, 2.45) is 0 Å². The van der Waals surface area contributed by atoms with E-state index in [1.807, 2.05) is 18.2 Å². The van der Waals surface area contributed by atoms with Crippen LogP contribution in [-0.4, -0.2) is 53.0 Å². The fourth-order valence-electron chi connectivity index (χ4n) is 4.57. The van der Waals surface area contributed by atoms with E-state index in [-0.39, 0.29) is 53.8 Å². The number of carbonyl (C=O) groups is 3. The molecule has 0 unspecified atom stereocenters. The molecule has 0 fully saturated rings. The highest BCUT2D eigenvalue weighted by Crippen LogP contribution is 2.38. The molecule has 45 heavy (non-hydrogen) atoms. The van der Waals surface area contributed by atoms with E-state index in [2.05, 4.69) is 19.7 Å². The molecule has 9 nitrogen and oxygen atoms in total. The Hall–Kier alpha value is -6.09. The molecule has 4 aromatic rings. The van der Waals surface area contributed by atoms with E-state index in [9.17, 15) is 29.7 Å². The SMILES string of the molecule is C=CCOc1cc(-c2cc(-c3ccc(C(=O)O)c(OCC=C)c3)cc(-c3ccc(C(=O)O)c(OCC=C)c3)c2)ccc1C(=O)O. The molecule has 0 amide bonds. The summed E-state index contributed by atoms with van der Waals surface area (Å²) in [4.78, 5) is 35.6. The highest BCUT2D eigenvalue weighted by molar-refractivity contribution is 5.95. The molecule has 0 aliphatic rings. The molecule has 0 aliphatic carbocycles. The van der Waals surface area contributed by atoms with Crippen molar-refractivity contribution in [2.75, 3.05) is 19.8 Å². The first kappa shape index (κ1) is 31.8. The van der Waals surface area contributed by atoms with E-state index in [1.165, 1.54) is 36.4 Å². The van der Waals surface area contributed by atoms with Gasteiger partial charge in [0.25, 0.3) is 0 Å². The summed E-state index contributed by atoms with van der Waals surface area (Å²) in [5.41, 5.74) is 3.89. The third-order valence-corrected chi connectivity index (χ3v) is 6.64. The molecule has 4 rings (SSSR count). The summed E-state index contributed by atoms with van der Waals surface area (Å²) in [5.74, 6) is -2.97. The molecular formula is C36H30O9. The maximum absolute atomic E-state index is 11.9. The van der Waals surface area contributed by atoms with E-state index in [0.717, 1.165) is 0 Å². The summed E-state index contributed by atoms with van der Waals surface area (Å²) in [6.07, 6.45) is 4.53. The van der Waals surface area contributed by atoms with Crippen LogP contribution >= 0.6 is 0 Å². The predicted molar refractivity (Wildman–Crippen MR) is 171 cm³/mol. The van der Waals surface area contributed by atoms with Crippen LogP contribution in [0.25, 0.3) is 33.4 Å². The van der Waals surface area contributed by atoms with Gasteiger partial charge in [-0.1, -0.05) is 56.2 Å². The van der Waals surface area contributed by atoms with E-state index in [1.54, 1.807) is 36.4 Å². The fourth-order valence-corrected chi connectivity index (χ4v) is 4.57. The summed E-state index contributed by atoms with van der Waals surface area (Å²) < 4.78 is 17.0. The molecule has 3 N–H and O–H groups in total. The van der Waals surface area contributed by atoms with Gasteiger partial charge in [0.1, 0.15) is 53.8 Å². The number of aromatic carboxylic acids is 3. The standard InChI is InChI=1S/C36H30O9/c1-4-13-43-31-19-22(7-10-28(31)34(37)38)25-16-26(23-8-11-29(35(39)40)32(20-23)44-14-5-2)18-27(17-25)24-9-12-30(36(41)42)33(21-24)45-15-6-3/h4-12,16-21H,1-3,13-15H2,(H,37,38)(H,39,40)(H,41,42). The normalized spacial score (nSPS) is 10.4. The number of rotatable bonds is 15. The first-order valence-corrected chi connectivity index (χ1v) is 13.7. The Labute approximate surface area is 259 Å². The zero-order valence-corrected chi connectivity index (χ0v) is 24.2. The summed E-state index contributed by atoms with van der Waals surface area (Å²) in [6.45, 7) is 11.2. The zero-order chi connectivity index (χ0) is 32.5. The second-order valence-corrected chi connectivity index (χ2v) is 9.65. The topological polar surface area (TPSA) is 140 Å². The average Bonchev–Trinajstić information content (AvgIpc) is 3.04. The van der Waals surface area contributed by atoms with Crippen LogP contribution in [0.4, 0.5) is 0 Å². The van der Waals surface area contributed by atoms with Gasteiger partial charge in [0.15, 0.2) is 0 Å². The summed E-state index contributed by atoms with van der Waals surface area (Å²) >= 11 is 0. The van der Waals surface area contributed by atoms with Crippen LogP contribution in [0.5, 0.6) is 17.2 Å². The van der Waals surface area contributed by atoms with E-state index < -0.39 is 17.9 Å². The van der Waals surface area contributed by atoms with Gasteiger partial charge in [-0.05, 0) is 88.0 Å². The van der Waals surface area contributed by atoms with Crippen molar-refractivity contribution in [3.8, 4) is 50.6 Å². The Morgan fingerprint density at radius 3 is 0.956 bits per heavy atom. The van der Waals surface area contributed by atoms with Crippen LogP contribution in [0.1, 0.15) is 31.1 Å². The van der Waals surface area contributed by atoms with E-state index in [0.29, 0.717) is 33.4 Å². The number of ether oxygens (including phenoxy) is 3. The molecule has 0 bridgehead atoms. The van der Waals surface area contributed by atoms with Gasteiger partial charge in [-0.2, -0.15) is 0 Å². The van der Waals surface area contributed by atoms with Crippen molar-refractivity contribution in [2.45, 2.75) is 0 Å². The molecule has 0 saturated heterocycles. The molecule has 0 heterocycles. The molecule has 4 aromatic carbocycles. The average molecular weight is 607 g/mol. The van der Waals surface area contributed by atoms with Gasteiger partial charge < -0.3 is 29.5 Å². The molecular weight excluding hydrogens is 576 g/mol. The number of hydrogen-bond donors (Lipinski definition) is 3. The molecule has 228 valence electrons. The second-order valence-electron chi connectivity index (χ2n) is 9.65. The molecule has 0 aliphatic heterocycles. The highest BCUT2D eigenvalue weighted by Gasteiger charge is 2.18. The van der Waals surface area contributed by atoms with Crippen LogP contribution in [0.15, 0.2) is 111 Å². The Balaban J connectivity index is 1.96. The number of carboxylic acid groups (broad SMARTS) is 3. The molecule has 0 radical (unpaired) electrons. The lowest BCUT2D eigenvalue weighted by Crippen LogP contribution is -2.04. The van der Waals surface area contributed by atoms with Crippen LogP contribution < -0.4 is 14.2 Å². The Kier molecular flexibility index (Phi) is 10.2. The Bertz CT molecular complexity index is 1580. The van der Waals surface area contributed by atoms with Crippen molar-refractivity contribution in [3.05, 3.63) is 127 Å². The minimum absolute atomic E-state index is 0.0153. The summed E-state index contributed by atoms with van der Waals surface area (Å²) in [7, 11) is 0. The monoisotopic (exact) mass is 606 g/mol.